The second kappa shape index (κ2) is 32.4. The van der Waals surface area contributed by atoms with Crippen LogP contribution in [0.1, 0.15) is 186 Å². The second-order valence-corrected chi connectivity index (χ2v) is 12.3. The summed E-state index contributed by atoms with van der Waals surface area (Å²) in [6.45, 7) is 1.88. The number of unbranched alkanes of at least 4 members (excludes halogenated alkanes) is 24. The molecule has 0 heterocycles. The third kappa shape index (κ3) is 33.1. The van der Waals surface area contributed by atoms with Crippen LogP contribution in [0.2, 0.25) is 0 Å². The van der Waals surface area contributed by atoms with Crippen molar-refractivity contribution in [3.05, 3.63) is 0 Å². The van der Waals surface area contributed by atoms with E-state index < -0.39 is 0 Å². The fourth-order valence-corrected chi connectivity index (χ4v) is 5.61. The van der Waals surface area contributed by atoms with Gasteiger partial charge in [-0.1, -0.05) is 148 Å². The first kappa shape index (κ1) is 38.9. The Morgan fingerprint density at radius 3 is 1.00 bits per heavy atom. The molecule has 6 heteroatoms. The van der Waals surface area contributed by atoms with Gasteiger partial charge in [-0.3, -0.25) is 9.59 Å². The van der Waals surface area contributed by atoms with E-state index in [9.17, 15) is 9.59 Å². The number of amides is 2. The molecule has 0 radical (unpaired) electrons. The fourth-order valence-electron chi connectivity index (χ4n) is 5.61. The molecule has 0 aromatic rings. The van der Waals surface area contributed by atoms with Gasteiger partial charge in [0.15, 0.2) is 0 Å². The molecular weight excluding hydrogens is 496 g/mol. The molecule has 0 aliphatic heterocycles. The van der Waals surface area contributed by atoms with Crippen molar-refractivity contribution in [1.29, 1.82) is 0 Å². The summed E-state index contributed by atoms with van der Waals surface area (Å²) in [6, 6.07) is 0.499. The van der Waals surface area contributed by atoms with Gasteiger partial charge in [0.25, 0.3) is 0 Å². The van der Waals surface area contributed by atoms with Crippen molar-refractivity contribution in [2.45, 2.75) is 192 Å². The van der Waals surface area contributed by atoms with Gasteiger partial charge in [0, 0.05) is 25.4 Å². The molecule has 0 bridgehead atoms. The van der Waals surface area contributed by atoms with Crippen molar-refractivity contribution in [3.8, 4) is 0 Å². The van der Waals surface area contributed by atoms with Gasteiger partial charge in [-0.25, -0.2) is 0 Å². The van der Waals surface area contributed by atoms with E-state index in [-0.39, 0.29) is 11.8 Å². The number of hydrogen-bond donors (Lipinski definition) is 4. The minimum Gasteiger partial charge on any atom is -0.370 e. The van der Waals surface area contributed by atoms with Crippen LogP contribution in [0.3, 0.4) is 0 Å². The molecule has 0 aliphatic rings. The van der Waals surface area contributed by atoms with Crippen LogP contribution in [0.4, 0.5) is 0 Å². The monoisotopic (exact) mass is 567 g/mol. The van der Waals surface area contributed by atoms with Gasteiger partial charge >= 0.3 is 0 Å². The number of rotatable bonds is 34. The van der Waals surface area contributed by atoms with E-state index in [0.29, 0.717) is 18.9 Å². The van der Waals surface area contributed by atoms with Crippen molar-refractivity contribution < 1.29 is 9.59 Å². The van der Waals surface area contributed by atoms with E-state index in [4.69, 9.17) is 17.2 Å². The lowest BCUT2D eigenvalue weighted by Crippen LogP contribution is -2.36. The Kier molecular flexibility index (Phi) is 31.5. The van der Waals surface area contributed by atoms with Gasteiger partial charge in [0.2, 0.25) is 11.8 Å². The van der Waals surface area contributed by atoms with Crippen LogP contribution < -0.4 is 22.5 Å². The standard InChI is InChI=1S/C34H70N4O2/c35-31-32(27-23-19-15-11-7-3-1-4-8-12-16-20-24-28-33(36)39)38-30-26-22-18-14-10-6-2-5-9-13-17-21-25-29-34(37)40/h32,38H,1-31,35H2,(H2,36,39)(H2,37,40). The van der Waals surface area contributed by atoms with Crippen LogP contribution in [0, 0.1) is 0 Å². The molecule has 40 heavy (non-hydrogen) atoms. The average molecular weight is 567 g/mol. The van der Waals surface area contributed by atoms with Crippen molar-refractivity contribution in [2.24, 2.45) is 17.2 Å². The summed E-state index contributed by atoms with van der Waals surface area (Å²) in [7, 11) is 0. The molecule has 1 atom stereocenters. The Morgan fingerprint density at radius 2 is 0.700 bits per heavy atom. The third-order valence-corrected chi connectivity index (χ3v) is 8.29. The van der Waals surface area contributed by atoms with Crippen molar-refractivity contribution in [1.82, 2.24) is 5.32 Å². The fraction of sp³-hybridized carbons (Fsp3) is 0.941. The van der Waals surface area contributed by atoms with E-state index in [1.165, 1.54) is 148 Å². The second-order valence-electron chi connectivity index (χ2n) is 12.3. The average Bonchev–Trinajstić information content (AvgIpc) is 2.93. The molecule has 0 aromatic heterocycles. The van der Waals surface area contributed by atoms with E-state index in [0.717, 1.165) is 38.8 Å². The number of nitrogens with two attached hydrogens (primary N) is 3. The molecular formula is C34H70N4O2. The summed E-state index contributed by atoms with van der Waals surface area (Å²) in [5.74, 6) is -0.324. The molecule has 0 aromatic carbocycles. The predicted molar refractivity (Wildman–Crippen MR) is 173 cm³/mol. The minimum absolute atomic E-state index is 0.162. The van der Waals surface area contributed by atoms with E-state index in [2.05, 4.69) is 5.32 Å². The molecule has 1 unspecified atom stereocenters. The van der Waals surface area contributed by atoms with Gasteiger partial charge in [0.1, 0.15) is 0 Å². The number of carbonyl (C=O) groups excluding carboxylic acids is 2. The third-order valence-electron chi connectivity index (χ3n) is 8.29. The van der Waals surface area contributed by atoms with E-state index >= 15 is 0 Å². The van der Waals surface area contributed by atoms with Crippen molar-refractivity contribution in [3.63, 3.8) is 0 Å². The highest BCUT2D eigenvalue weighted by molar-refractivity contribution is 5.73. The lowest BCUT2D eigenvalue weighted by Gasteiger charge is -2.16. The summed E-state index contributed by atoms with van der Waals surface area (Å²) in [5.41, 5.74) is 16.3. The van der Waals surface area contributed by atoms with E-state index in [1.54, 1.807) is 0 Å². The summed E-state index contributed by atoms with van der Waals surface area (Å²) in [5, 5.41) is 3.70. The molecule has 238 valence electrons. The first-order valence-corrected chi connectivity index (χ1v) is 17.6. The molecule has 0 saturated carbocycles. The lowest BCUT2D eigenvalue weighted by atomic mass is 10.0. The molecule has 6 nitrogen and oxygen atoms in total. The van der Waals surface area contributed by atoms with Gasteiger partial charge in [-0.15, -0.1) is 0 Å². The maximum absolute atomic E-state index is 10.7. The first-order valence-electron chi connectivity index (χ1n) is 17.6. The topological polar surface area (TPSA) is 124 Å². The van der Waals surface area contributed by atoms with Crippen molar-refractivity contribution in [2.75, 3.05) is 13.1 Å². The van der Waals surface area contributed by atoms with Gasteiger partial charge in [0.05, 0.1) is 0 Å². The number of hydrogen-bond acceptors (Lipinski definition) is 4. The van der Waals surface area contributed by atoms with Crippen LogP contribution >= 0.6 is 0 Å². The van der Waals surface area contributed by atoms with Gasteiger partial charge in [-0.05, 0) is 32.2 Å². The highest BCUT2D eigenvalue weighted by Gasteiger charge is 2.05. The molecule has 2 amide bonds. The zero-order chi connectivity index (χ0) is 29.4. The molecule has 0 fully saturated rings. The number of primary amides is 2. The quantitative estimate of drug-likeness (QED) is 0.0586. The van der Waals surface area contributed by atoms with E-state index in [1.807, 2.05) is 0 Å². The summed E-state index contributed by atoms with van der Waals surface area (Å²) >= 11 is 0. The first-order chi connectivity index (χ1) is 19.6. The zero-order valence-corrected chi connectivity index (χ0v) is 26.5. The molecule has 0 spiro atoms. The SMILES string of the molecule is NCC(CCCCCCCCCCCCCCCC(N)=O)NCCCCCCCCCCCCCCCC(N)=O. The smallest absolute Gasteiger partial charge is 0.217 e. The van der Waals surface area contributed by atoms with Gasteiger partial charge in [-0.2, -0.15) is 0 Å². The Labute approximate surface area is 249 Å². The highest BCUT2D eigenvalue weighted by atomic mass is 16.1. The predicted octanol–water partition coefficient (Wildman–Crippen LogP) is 8.19. The molecule has 0 aliphatic carbocycles. The number of nitrogens with one attached hydrogen (secondary N) is 1. The summed E-state index contributed by atoms with van der Waals surface area (Å²) in [6.07, 6.45) is 36.1. The molecule has 7 N–H and O–H groups in total. The summed E-state index contributed by atoms with van der Waals surface area (Å²) < 4.78 is 0. The summed E-state index contributed by atoms with van der Waals surface area (Å²) in [4.78, 5) is 21.4. The van der Waals surface area contributed by atoms with Crippen LogP contribution in [-0.2, 0) is 9.59 Å². The van der Waals surface area contributed by atoms with Gasteiger partial charge < -0.3 is 22.5 Å². The largest absolute Gasteiger partial charge is 0.370 e. The van der Waals surface area contributed by atoms with Crippen LogP contribution in [0.25, 0.3) is 0 Å². The molecule has 0 saturated heterocycles. The lowest BCUT2D eigenvalue weighted by molar-refractivity contribution is -0.119. The Morgan fingerprint density at radius 1 is 0.425 bits per heavy atom. The zero-order valence-electron chi connectivity index (χ0n) is 26.5. The number of carbonyl (C=O) groups is 2. The minimum atomic E-state index is -0.162. The van der Waals surface area contributed by atoms with Crippen molar-refractivity contribution >= 4 is 11.8 Å². The highest BCUT2D eigenvalue weighted by Crippen LogP contribution is 2.15. The Bertz CT molecular complexity index is 544. The van der Waals surface area contributed by atoms with Crippen LogP contribution in [0.15, 0.2) is 0 Å². The van der Waals surface area contributed by atoms with Crippen LogP contribution in [0.5, 0.6) is 0 Å². The maximum atomic E-state index is 10.7. The molecule has 0 rings (SSSR count). The maximum Gasteiger partial charge on any atom is 0.217 e. The van der Waals surface area contributed by atoms with Crippen LogP contribution in [-0.4, -0.2) is 30.9 Å². The normalized spacial score (nSPS) is 12.1. The Balaban J connectivity index is 3.27. The Hall–Kier alpha value is -1.14.